The molecule has 20 heavy (non-hydrogen) atoms. The van der Waals surface area contributed by atoms with Gasteiger partial charge in [-0.25, -0.2) is 0 Å². The van der Waals surface area contributed by atoms with Crippen molar-refractivity contribution in [1.29, 1.82) is 0 Å². The molecule has 0 saturated carbocycles. The molecular weight excluding hydrogens is 252 g/mol. The summed E-state index contributed by atoms with van der Waals surface area (Å²) in [7, 11) is 1.83. The van der Waals surface area contributed by atoms with E-state index in [0.29, 0.717) is 18.7 Å². The van der Waals surface area contributed by atoms with Crippen LogP contribution in [-0.2, 0) is 4.74 Å². The van der Waals surface area contributed by atoms with Crippen molar-refractivity contribution in [3.8, 4) is 11.8 Å². The second-order valence-corrected chi connectivity index (χ2v) is 4.97. The highest BCUT2D eigenvalue weighted by atomic mass is 16.5. The Kier molecular flexibility index (Phi) is 4.78. The number of amides is 1. The zero-order valence-corrected chi connectivity index (χ0v) is 12.0. The summed E-state index contributed by atoms with van der Waals surface area (Å²) in [6, 6.07) is 5.84. The smallest absolute Gasteiger partial charge is 0.254 e. The van der Waals surface area contributed by atoms with Gasteiger partial charge < -0.3 is 15.4 Å². The monoisotopic (exact) mass is 272 g/mol. The van der Waals surface area contributed by atoms with Crippen molar-refractivity contribution in [3.05, 3.63) is 34.9 Å². The Hall–Kier alpha value is -1.83. The van der Waals surface area contributed by atoms with E-state index in [1.165, 1.54) is 0 Å². The third-order valence-electron chi connectivity index (χ3n) is 3.58. The molecule has 2 N–H and O–H groups in total. The first kappa shape index (κ1) is 14.6. The summed E-state index contributed by atoms with van der Waals surface area (Å²) >= 11 is 0. The fourth-order valence-corrected chi connectivity index (χ4v) is 2.27. The van der Waals surface area contributed by atoms with Gasteiger partial charge in [0.15, 0.2) is 0 Å². The summed E-state index contributed by atoms with van der Waals surface area (Å²) in [4.78, 5) is 14.3. The number of rotatable bonds is 2. The van der Waals surface area contributed by atoms with Crippen LogP contribution in [0.5, 0.6) is 0 Å². The summed E-state index contributed by atoms with van der Waals surface area (Å²) in [6.07, 6.45) is 0.897. The van der Waals surface area contributed by atoms with E-state index < -0.39 is 0 Å². The van der Waals surface area contributed by atoms with E-state index in [0.717, 1.165) is 24.2 Å². The highest BCUT2D eigenvalue weighted by molar-refractivity contribution is 5.96. The van der Waals surface area contributed by atoms with Gasteiger partial charge in [-0.15, -0.1) is 0 Å². The van der Waals surface area contributed by atoms with Gasteiger partial charge in [0.25, 0.3) is 5.91 Å². The lowest BCUT2D eigenvalue weighted by Gasteiger charge is -2.24. The Morgan fingerprint density at radius 2 is 2.35 bits per heavy atom. The Morgan fingerprint density at radius 1 is 1.55 bits per heavy atom. The molecule has 1 aromatic rings. The Balaban J connectivity index is 2.23. The molecule has 1 amide bonds. The zero-order valence-electron chi connectivity index (χ0n) is 12.0. The third kappa shape index (κ3) is 3.19. The number of hydrogen-bond donors (Lipinski definition) is 1. The summed E-state index contributed by atoms with van der Waals surface area (Å²) in [5, 5.41) is 0. The van der Waals surface area contributed by atoms with Gasteiger partial charge in [0.1, 0.15) is 0 Å². The van der Waals surface area contributed by atoms with Gasteiger partial charge in [0.2, 0.25) is 0 Å². The average Bonchev–Trinajstić information content (AvgIpc) is 2.99. The van der Waals surface area contributed by atoms with Crippen molar-refractivity contribution in [2.24, 2.45) is 5.73 Å². The molecule has 1 heterocycles. The van der Waals surface area contributed by atoms with Crippen LogP contribution in [0, 0.1) is 18.8 Å². The van der Waals surface area contributed by atoms with Crippen molar-refractivity contribution >= 4 is 5.91 Å². The summed E-state index contributed by atoms with van der Waals surface area (Å²) in [5.74, 6) is 5.79. The van der Waals surface area contributed by atoms with Gasteiger partial charge in [0.05, 0.1) is 19.2 Å². The van der Waals surface area contributed by atoms with Gasteiger partial charge in [-0.3, -0.25) is 4.79 Å². The van der Waals surface area contributed by atoms with Crippen LogP contribution in [-0.4, -0.2) is 43.7 Å². The van der Waals surface area contributed by atoms with Gasteiger partial charge >= 0.3 is 0 Å². The molecule has 0 aliphatic carbocycles. The maximum absolute atomic E-state index is 12.6. The summed E-state index contributed by atoms with van der Waals surface area (Å²) in [5.41, 5.74) is 7.85. The molecule has 0 spiro atoms. The third-order valence-corrected chi connectivity index (χ3v) is 3.58. The van der Waals surface area contributed by atoms with E-state index >= 15 is 0 Å². The molecule has 1 atom stereocenters. The zero-order chi connectivity index (χ0) is 14.5. The van der Waals surface area contributed by atoms with Crippen LogP contribution in [0.3, 0.4) is 0 Å². The number of nitrogens with zero attached hydrogens (tertiary/aromatic N) is 1. The molecule has 4 heteroatoms. The van der Waals surface area contributed by atoms with E-state index in [1.54, 1.807) is 4.90 Å². The Bertz CT molecular complexity index is 551. The van der Waals surface area contributed by atoms with Crippen LogP contribution in [0.25, 0.3) is 0 Å². The molecule has 0 bridgehead atoms. The second kappa shape index (κ2) is 6.56. The molecule has 0 aromatic heterocycles. The molecule has 0 radical (unpaired) electrons. The number of nitrogens with two attached hydrogens (primary N) is 1. The predicted octanol–water partition coefficient (Wildman–Crippen LogP) is 1.17. The van der Waals surface area contributed by atoms with Crippen LogP contribution in [0.4, 0.5) is 0 Å². The van der Waals surface area contributed by atoms with Gasteiger partial charge in [-0.05, 0) is 31.0 Å². The first-order valence-electron chi connectivity index (χ1n) is 6.78. The molecule has 106 valence electrons. The number of carbonyl (C=O) groups excluding carboxylic acids is 1. The second-order valence-electron chi connectivity index (χ2n) is 4.97. The Morgan fingerprint density at radius 3 is 3.00 bits per heavy atom. The first-order valence-corrected chi connectivity index (χ1v) is 6.78. The maximum Gasteiger partial charge on any atom is 0.254 e. The van der Waals surface area contributed by atoms with Gasteiger partial charge in [-0.2, -0.15) is 0 Å². The molecule has 1 fully saturated rings. The lowest BCUT2D eigenvalue weighted by molar-refractivity contribution is 0.0710. The molecule has 1 unspecified atom stereocenters. The summed E-state index contributed by atoms with van der Waals surface area (Å²) in [6.45, 7) is 3.60. The van der Waals surface area contributed by atoms with E-state index in [9.17, 15) is 4.79 Å². The SMILES string of the molecule is Cc1ccc(C#CCN)cc1C(=O)N(C)C1CCOC1. The minimum Gasteiger partial charge on any atom is -0.379 e. The van der Waals surface area contributed by atoms with Crippen LogP contribution < -0.4 is 5.73 Å². The minimum atomic E-state index is 0.0226. The quantitative estimate of drug-likeness (QED) is 0.822. The van der Waals surface area contributed by atoms with Gasteiger partial charge in [0, 0.05) is 24.8 Å². The molecule has 1 saturated heterocycles. The molecular formula is C16H20N2O2. The number of likely N-dealkylation sites (N-methyl/N-ethyl adjacent to an activating group) is 1. The predicted molar refractivity (Wildman–Crippen MR) is 78.4 cm³/mol. The molecule has 1 aromatic carbocycles. The lowest BCUT2D eigenvalue weighted by Crippen LogP contribution is -2.37. The highest BCUT2D eigenvalue weighted by Gasteiger charge is 2.25. The molecule has 2 rings (SSSR count). The van der Waals surface area contributed by atoms with E-state index in [1.807, 2.05) is 32.2 Å². The van der Waals surface area contributed by atoms with Crippen LogP contribution in [0.1, 0.15) is 27.9 Å². The van der Waals surface area contributed by atoms with Crippen molar-refractivity contribution in [1.82, 2.24) is 4.90 Å². The lowest BCUT2D eigenvalue weighted by atomic mass is 10.0. The molecule has 1 aliphatic rings. The number of aryl methyl sites for hydroxylation is 1. The number of ether oxygens (including phenoxy) is 1. The number of hydrogen-bond acceptors (Lipinski definition) is 3. The first-order chi connectivity index (χ1) is 9.63. The van der Waals surface area contributed by atoms with Crippen molar-refractivity contribution in [2.45, 2.75) is 19.4 Å². The van der Waals surface area contributed by atoms with Crippen molar-refractivity contribution < 1.29 is 9.53 Å². The number of benzene rings is 1. The van der Waals surface area contributed by atoms with Crippen LogP contribution >= 0.6 is 0 Å². The fraction of sp³-hybridized carbons (Fsp3) is 0.438. The average molecular weight is 272 g/mol. The van der Waals surface area contributed by atoms with Gasteiger partial charge in [-0.1, -0.05) is 17.9 Å². The van der Waals surface area contributed by atoms with Crippen molar-refractivity contribution in [3.63, 3.8) is 0 Å². The van der Waals surface area contributed by atoms with E-state index in [2.05, 4.69) is 11.8 Å². The van der Waals surface area contributed by atoms with E-state index in [-0.39, 0.29) is 11.9 Å². The van der Waals surface area contributed by atoms with Crippen LogP contribution in [0.2, 0.25) is 0 Å². The maximum atomic E-state index is 12.6. The molecule has 1 aliphatic heterocycles. The Labute approximate surface area is 119 Å². The van der Waals surface area contributed by atoms with Crippen molar-refractivity contribution in [2.75, 3.05) is 26.8 Å². The van der Waals surface area contributed by atoms with E-state index in [4.69, 9.17) is 10.5 Å². The topological polar surface area (TPSA) is 55.6 Å². The fourth-order valence-electron chi connectivity index (χ4n) is 2.27. The van der Waals surface area contributed by atoms with Crippen LogP contribution in [0.15, 0.2) is 18.2 Å². The minimum absolute atomic E-state index is 0.0226. The summed E-state index contributed by atoms with van der Waals surface area (Å²) < 4.78 is 5.34. The largest absolute Gasteiger partial charge is 0.379 e. The number of carbonyl (C=O) groups is 1. The standard InChI is InChI=1S/C16H20N2O2/c1-12-5-6-13(4-3-8-17)10-15(12)16(19)18(2)14-7-9-20-11-14/h5-6,10,14H,7-9,11,17H2,1-2H3. The normalized spacial score (nSPS) is 17.4. The highest BCUT2D eigenvalue weighted by Crippen LogP contribution is 2.17. The molecule has 4 nitrogen and oxygen atoms in total.